The van der Waals surface area contributed by atoms with Crippen molar-refractivity contribution in [3.8, 4) is 12.3 Å². The fourth-order valence-corrected chi connectivity index (χ4v) is 1.84. The smallest absolute Gasteiger partial charge is 0.212 e. The summed E-state index contributed by atoms with van der Waals surface area (Å²) in [7, 11) is -3.13. The van der Waals surface area contributed by atoms with Gasteiger partial charge in [0.25, 0.3) is 0 Å². The Morgan fingerprint density at radius 1 is 1.50 bits per heavy atom. The highest BCUT2D eigenvalue weighted by Gasteiger charge is 2.08. The van der Waals surface area contributed by atoms with Gasteiger partial charge in [0.05, 0.1) is 12.3 Å². The number of hydrogen-bond donors (Lipinski definition) is 1. The number of rotatable bonds is 5. The lowest BCUT2D eigenvalue weighted by molar-refractivity contribution is 0.565. The van der Waals surface area contributed by atoms with Crippen molar-refractivity contribution < 1.29 is 8.42 Å². The predicted octanol–water partition coefficient (Wildman–Crippen LogP) is 0.585. The maximum Gasteiger partial charge on any atom is 0.212 e. The Labute approximate surface area is 74.6 Å². The molecule has 0 radical (unpaired) electrons. The van der Waals surface area contributed by atoms with E-state index in [9.17, 15) is 8.42 Å². The summed E-state index contributed by atoms with van der Waals surface area (Å²) in [6.45, 7) is 4.05. The Hall–Kier alpha value is -0.530. The first-order chi connectivity index (χ1) is 5.48. The van der Waals surface area contributed by atoms with Crippen LogP contribution in [0.5, 0.6) is 0 Å². The van der Waals surface area contributed by atoms with Gasteiger partial charge in [-0.05, 0) is 12.3 Å². The first kappa shape index (κ1) is 11.5. The average Bonchev–Trinajstić information content (AvgIpc) is 1.98. The van der Waals surface area contributed by atoms with E-state index in [1.165, 1.54) is 0 Å². The van der Waals surface area contributed by atoms with Crippen LogP contribution in [0.15, 0.2) is 0 Å². The molecular weight excluding hydrogens is 174 g/mol. The van der Waals surface area contributed by atoms with Crippen molar-refractivity contribution >= 4 is 10.0 Å². The van der Waals surface area contributed by atoms with Crippen LogP contribution < -0.4 is 4.72 Å². The standard InChI is InChI=1S/C8H15NO2S/c1-4-6-9-12(10,11)7-5-8(2)3/h1,8-9H,5-7H2,2-3H3. The van der Waals surface area contributed by atoms with Gasteiger partial charge in [0, 0.05) is 0 Å². The van der Waals surface area contributed by atoms with Crippen molar-refractivity contribution in [3.63, 3.8) is 0 Å². The minimum atomic E-state index is -3.13. The van der Waals surface area contributed by atoms with E-state index < -0.39 is 10.0 Å². The summed E-state index contributed by atoms with van der Waals surface area (Å²) < 4.78 is 24.5. The van der Waals surface area contributed by atoms with Crippen molar-refractivity contribution in [2.24, 2.45) is 5.92 Å². The molecule has 0 aromatic carbocycles. The second-order valence-electron chi connectivity index (χ2n) is 3.03. The molecule has 0 amide bonds. The highest BCUT2D eigenvalue weighted by atomic mass is 32.2. The van der Waals surface area contributed by atoms with Gasteiger partial charge in [0.15, 0.2) is 0 Å². The molecule has 0 fully saturated rings. The molecule has 0 bridgehead atoms. The molecule has 0 aliphatic heterocycles. The van der Waals surface area contributed by atoms with E-state index in [1.807, 2.05) is 13.8 Å². The number of terminal acetylenes is 1. The third kappa shape index (κ3) is 6.20. The molecule has 0 unspecified atom stereocenters. The van der Waals surface area contributed by atoms with Gasteiger partial charge in [-0.15, -0.1) is 6.42 Å². The number of nitrogens with one attached hydrogen (secondary N) is 1. The van der Waals surface area contributed by atoms with E-state index in [-0.39, 0.29) is 12.3 Å². The molecule has 0 aromatic rings. The molecule has 0 rings (SSSR count). The van der Waals surface area contributed by atoms with Gasteiger partial charge in [0.1, 0.15) is 0 Å². The molecule has 1 N–H and O–H groups in total. The Kier molecular flexibility index (Phi) is 4.95. The predicted molar refractivity (Wildman–Crippen MR) is 50.1 cm³/mol. The fraction of sp³-hybridized carbons (Fsp3) is 0.750. The van der Waals surface area contributed by atoms with E-state index in [0.29, 0.717) is 12.3 Å². The SMILES string of the molecule is C#CCNS(=O)(=O)CCC(C)C. The van der Waals surface area contributed by atoms with Crippen LogP contribution in [0, 0.1) is 18.3 Å². The molecule has 0 aliphatic carbocycles. The summed E-state index contributed by atoms with van der Waals surface area (Å²) in [6.07, 6.45) is 5.58. The molecule has 3 nitrogen and oxygen atoms in total. The van der Waals surface area contributed by atoms with Gasteiger partial charge >= 0.3 is 0 Å². The summed E-state index contributed by atoms with van der Waals surface area (Å²) in [5.41, 5.74) is 0. The van der Waals surface area contributed by atoms with Crippen LogP contribution in [-0.2, 0) is 10.0 Å². The quantitative estimate of drug-likeness (QED) is 0.643. The topological polar surface area (TPSA) is 46.2 Å². The van der Waals surface area contributed by atoms with E-state index in [1.54, 1.807) is 0 Å². The van der Waals surface area contributed by atoms with Crippen molar-refractivity contribution in [1.29, 1.82) is 0 Å². The maximum absolute atomic E-state index is 11.1. The molecule has 12 heavy (non-hydrogen) atoms. The minimum absolute atomic E-state index is 0.0838. The lowest BCUT2D eigenvalue weighted by atomic mass is 10.2. The van der Waals surface area contributed by atoms with Gasteiger partial charge in [-0.1, -0.05) is 19.8 Å². The molecule has 0 spiro atoms. The van der Waals surface area contributed by atoms with Crippen LogP contribution in [0.25, 0.3) is 0 Å². The molecule has 0 aliphatic rings. The zero-order valence-electron chi connectivity index (χ0n) is 7.50. The molecule has 4 heteroatoms. The van der Waals surface area contributed by atoms with Gasteiger partial charge < -0.3 is 0 Å². The normalized spacial score (nSPS) is 11.5. The van der Waals surface area contributed by atoms with Crippen molar-refractivity contribution in [3.05, 3.63) is 0 Å². The Bertz CT molecular complexity index is 249. The number of sulfonamides is 1. The lowest BCUT2D eigenvalue weighted by Crippen LogP contribution is -2.27. The zero-order valence-corrected chi connectivity index (χ0v) is 8.32. The minimum Gasteiger partial charge on any atom is -0.212 e. The van der Waals surface area contributed by atoms with Crippen LogP contribution in [-0.4, -0.2) is 20.7 Å². The highest BCUT2D eigenvalue weighted by molar-refractivity contribution is 7.89. The first-order valence-electron chi connectivity index (χ1n) is 3.88. The number of hydrogen-bond acceptors (Lipinski definition) is 2. The summed E-state index contributed by atoms with van der Waals surface area (Å²) in [5, 5.41) is 0. The maximum atomic E-state index is 11.1. The fourth-order valence-electron chi connectivity index (χ4n) is 0.615. The molecule has 0 heterocycles. The summed E-state index contributed by atoms with van der Waals surface area (Å²) in [6, 6.07) is 0. The van der Waals surface area contributed by atoms with Crippen molar-refractivity contribution in [2.75, 3.05) is 12.3 Å². The van der Waals surface area contributed by atoms with Crippen molar-refractivity contribution in [2.45, 2.75) is 20.3 Å². The summed E-state index contributed by atoms with van der Waals surface area (Å²) in [4.78, 5) is 0. The Morgan fingerprint density at radius 3 is 2.50 bits per heavy atom. The van der Waals surface area contributed by atoms with Crippen LogP contribution in [0.3, 0.4) is 0 Å². The third-order valence-electron chi connectivity index (χ3n) is 1.36. The monoisotopic (exact) mass is 189 g/mol. The average molecular weight is 189 g/mol. The van der Waals surface area contributed by atoms with Gasteiger partial charge in [-0.2, -0.15) is 0 Å². The molecule has 0 aromatic heterocycles. The summed E-state index contributed by atoms with van der Waals surface area (Å²) >= 11 is 0. The summed E-state index contributed by atoms with van der Waals surface area (Å²) in [5.74, 6) is 2.78. The van der Waals surface area contributed by atoms with E-state index in [0.717, 1.165) is 0 Å². The van der Waals surface area contributed by atoms with Crippen LogP contribution in [0.2, 0.25) is 0 Å². The van der Waals surface area contributed by atoms with Crippen molar-refractivity contribution in [1.82, 2.24) is 4.72 Å². The molecule has 70 valence electrons. The molecule has 0 saturated carbocycles. The second kappa shape index (κ2) is 5.18. The Balaban J connectivity index is 3.83. The lowest BCUT2D eigenvalue weighted by Gasteiger charge is -2.05. The third-order valence-corrected chi connectivity index (χ3v) is 2.72. The molecule has 0 saturated heterocycles. The van der Waals surface area contributed by atoms with Gasteiger partial charge in [0.2, 0.25) is 10.0 Å². The van der Waals surface area contributed by atoms with E-state index >= 15 is 0 Å². The first-order valence-corrected chi connectivity index (χ1v) is 5.54. The second-order valence-corrected chi connectivity index (χ2v) is 4.95. The largest absolute Gasteiger partial charge is 0.212 e. The molecule has 0 atom stereocenters. The van der Waals surface area contributed by atoms with Gasteiger partial charge in [-0.25, -0.2) is 13.1 Å². The van der Waals surface area contributed by atoms with Crippen LogP contribution in [0.4, 0.5) is 0 Å². The van der Waals surface area contributed by atoms with E-state index in [2.05, 4.69) is 10.6 Å². The van der Waals surface area contributed by atoms with Crippen LogP contribution in [0.1, 0.15) is 20.3 Å². The van der Waals surface area contributed by atoms with Crippen LogP contribution >= 0.6 is 0 Å². The van der Waals surface area contributed by atoms with E-state index in [4.69, 9.17) is 6.42 Å². The zero-order chi connectivity index (χ0) is 9.61. The Morgan fingerprint density at radius 2 is 2.08 bits per heavy atom. The highest BCUT2D eigenvalue weighted by Crippen LogP contribution is 2.01. The van der Waals surface area contributed by atoms with Gasteiger partial charge in [-0.3, -0.25) is 0 Å². The molecular formula is C8H15NO2S.